The van der Waals surface area contributed by atoms with E-state index in [4.69, 9.17) is 9.47 Å². The molecule has 17 rings (SSSR count). The molecule has 6 nitrogen and oxygen atoms in total. The van der Waals surface area contributed by atoms with E-state index in [1.54, 1.807) is 0 Å². The van der Waals surface area contributed by atoms with Crippen molar-refractivity contribution in [1.82, 2.24) is 9.13 Å². The summed E-state index contributed by atoms with van der Waals surface area (Å²) in [7, 11) is 0. The van der Waals surface area contributed by atoms with Crippen LogP contribution in [0.2, 0.25) is 0 Å². The van der Waals surface area contributed by atoms with E-state index in [9.17, 15) is 0 Å². The molecule has 6 heterocycles. The van der Waals surface area contributed by atoms with E-state index >= 15 is 0 Å². The first-order valence-corrected chi connectivity index (χ1v) is 25.5. The maximum absolute atomic E-state index is 7.16. The van der Waals surface area contributed by atoms with Gasteiger partial charge in [-0.15, -0.1) is 0 Å². The molecule has 0 aliphatic carbocycles. The fourth-order valence-corrected chi connectivity index (χ4v) is 13.3. The van der Waals surface area contributed by atoms with Gasteiger partial charge in [-0.3, -0.25) is 0 Å². The molecule has 13 aromatic rings. The number of fused-ring (bicyclic) bond motifs is 16. The van der Waals surface area contributed by atoms with E-state index < -0.39 is 0 Å². The van der Waals surface area contributed by atoms with Crippen molar-refractivity contribution in [2.24, 2.45) is 0 Å². The van der Waals surface area contributed by atoms with Gasteiger partial charge in [-0.25, -0.2) is 0 Å². The van der Waals surface area contributed by atoms with Crippen molar-refractivity contribution < 1.29 is 9.47 Å². The second-order valence-electron chi connectivity index (χ2n) is 19.9. The zero-order valence-electron chi connectivity index (χ0n) is 39.9. The molecule has 342 valence electrons. The van der Waals surface area contributed by atoms with Gasteiger partial charge in [0.15, 0.2) is 0 Å². The van der Waals surface area contributed by atoms with Crippen molar-refractivity contribution in [3.05, 3.63) is 243 Å². The smallest absolute Gasteiger partial charge is 0.256 e. The summed E-state index contributed by atoms with van der Waals surface area (Å²) in [6, 6.07) is 88.0. The Hall–Kier alpha value is -9.65. The van der Waals surface area contributed by atoms with Crippen LogP contribution >= 0.6 is 0 Å². The molecule has 8 heteroatoms. The molecule has 0 spiro atoms. The maximum Gasteiger partial charge on any atom is 0.256 e. The first-order valence-electron chi connectivity index (χ1n) is 25.5. The molecule has 11 aromatic carbocycles. The molecule has 4 aliphatic rings. The van der Waals surface area contributed by atoms with Crippen LogP contribution in [0.3, 0.4) is 0 Å². The second-order valence-corrected chi connectivity index (χ2v) is 19.9. The summed E-state index contributed by atoms with van der Waals surface area (Å²) in [5.74, 6) is 3.52. The summed E-state index contributed by atoms with van der Waals surface area (Å²) in [5.41, 5.74) is 20.5. The molecule has 0 radical (unpaired) electrons. The first-order chi connectivity index (χ1) is 36.8. The third-order valence-corrected chi connectivity index (χ3v) is 16.1. The summed E-state index contributed by atoms with van der Waals surface area (Å²) >= 11 is 0. The fourth-order valence-electron chi connectivity index (χ4n) is 13.3. The summed E-state index contributed by atoms with van der Waals surface area (Å²) in [6.45, 7) is -0.0719. The van der Waals surface area contributed by atoms with Crippen molar-refractivity contribution in [2.45, 2.75) is 0 Å². The average molecular weight is 943 g/mol. The monoisotopic (exact) mass is 942 g/mol. The predicted molar refractivity (Wildman–Crippen MR) is 307 cm³/mol. The number of hydrogen-bond acceptors (Lipinski definition) is 4. The quantitative estimate of drug-likeness (QED) is 0.156. The van der Waals surface area contributed by atoms with Crippen LogP contribution in [0.15, 0.2) is 243 Å². The Morgan fingerprint density at radius 3 is 1.01 bits per heavy atom. The summed E-state index contributed by atoms with van der Waals surface area (Å²) in [6.07, 6.45) is 0. The number of anilines is 6. The van der Waals surface area contributed by atoms with Gasteiger partial charge in [0.2, 0.25) is 0 Å². The molecule has 2 aromatic heterocycles. The van der Waals surface area contributed by atoms with Gasteiger partial charge < -0.3 is 28.4 Å². The van der Waals surface area contributed by atoms with Gasteiger partial charge in [0.25, 0.3) is 13.4 Å². The van der Waals surface area contributed by atoms with Gasteiger partial charge in [0.1, 0.15) is 23.0 Å². The molecule has 0 N–H and O–H groups in total. The Labute approximate surface area is 427 Å². The highest BCUT2D eigenvalue weighted by Crippen LogP contribution is 2.52. The average Bonchev–Trinajstić information content (AvgIpc) is 4.05. The van der Waals surface area contributed by atoms with E-state index in [1.165, 1.54) is 54.9 Å². The molecule has 0 amide bonds. The molecule has 0 unspecified atom stereocenters. The molecular formula is C66H40B2N4O2. The third kappa shape index (κ3) is 5.30. The molecular weight excluding hydrogens is 902 g/mol. The highest BCUT2D eigenvalue weighted by Gasteiger charge is 2.44. The topological polar surface area (TPSA) is 34.8 Å². The third-order valence-electron chi connectivity index (χ3n) is 16.1. The van der Waals surface area contributed by atoms with Gasteiger partial charge >= 0.3 is 0 Å². The van der Waals surface area contributed by atoms with E-state index in [0.717, 1.165) is 90.0 Å². The zero-order chi connectivity index (χ0) is 48.2. The minimum Gasteiger partial charge on any atom is -0.458 e. The lowest BCUT2D eigenvalue weighted by molar-refractivity contribution is 0.488. The van der Waals surface area contributed by atoms with Gasteiger partial charge in [-0.2, -0.15) is 0 Å². The lowest BCUT2D eigenvalue weighted by atomic mass is 9.34. The first kappa shape index (κ1) is 40.0. The van der Waals surface area contributed by atoms with Crippen molar-refractivity contribution in [2.75, 3.05) is 9.80 Å². The van der Waals surface area contributed by atoms with E-state index in [1.807, 2.05) is 0 Å². The molecule has 4 aliphatic heterocycles. The van der Waals surface area contributed by atoms with Crippen LogP contribution in [0.5, 0.6) is 23.0 Å². The number of rotatable bonds is 6. The van der Waals surface area contributed by atoms with E-state index in [-0.39, 0.29) is 13.4 Å². The number of para-hydroxylation sites is 8. The Morgan fingerprint density at radius 2 is 0.635 bits per heavy atom. The van der Waals surface area contributed by atoms with Crippen LogP contribution in [0.25, 0.3) is 55.0 Å². The molecule has 0 bridgehead atoms. The van der Waals surface area contributed by atoms with Crippen LogP contribution in [0.4, 0.5) is 34.1 Å². The standard InChI is InChI=1S/C66H40B2N4O2/c1-5-21-41(22-6-1)69(42-23-7-2-8-24-42)55-39-59-63-65-61(55)45-37-54-46(38-53(45)71(65)51-33-17-13-29-47(51)67(63)49-31-15-19-35-57(49)73-59)62-56(70(43-25-9-3-10-26-43)44-27-11-4-12-28-44)40-60-64-66(62)72(54)52-34-18-14-30-48(52)68(64)50-32-16-20-36-58(50)74-60/h1-40H. The number of nitrogens with zero attached hydrogens (tertiary/aromatic N) is 4. The van der Waals surface area contributed by atoms with Gasteiger partial charge in [0, 0.05) is 67.8 Å². The number of benzene rings is 11. The normalized spacial score (nSPS) is 13.0. The van der Waals surface area contributed by atoms with Crippen molar-refractivity contribution in [3.8, 4) is 34.4 Å². The van der Waals surface area contributed by atoms with Crippen LogP contribution in [-0.2, 0) is 0 Å². The molecule has 0 fully saturated rings. The SMILES string of the molecule is c1ccc(N(c2ccccc2)c2cc3c4c5c2c2cc6c(cc2n5-c2ccccc2B4c2ccccc2O3)c2c(N(c3ccccc3)c3ccccc3)cc3c4c2n6-c2ccccc2B4c2ccccc2O3)cc1. The van der Waals surface area contributed by atoms with Gasteiger partial charge in [-0.1, -0.05) is 146 Å². The summed E-state index contributed by atoms with van der Waals surface area (Å²) in [4.78, 5) is 4.84. The zero-order valence-corrected chi connectivity index (χ0v) is 39.9. The van der Waals surface area contributed by atoms with E-state index in [0.29, 0.717) is 0 Å². The van der Waals surface area contributed by atoms with Crippen molar-refractivity contribution >= 4 is 124 Å². The Morgan fingerprint density at radius 1 is 0.311 bits per heavy atom. The minimum atomic E-state index is -0.0359. The van der Waals surface area contributed by atoms with Crippen molar-refractivity contribution in [3.63, 3.8) is 0 Å². The van der Waals surface area contributed by atoms with Crippen LogP contribution < -0.4 is 52.1 Å². The van der Waals surface area contributed by atoms with Crippen LogP contribution in [0.1, 0.15) is 0 Å². The lowest BCUT2D eigenvalue weighted by Crippen LogP contribution is -2.58. The summed E-state index contributed by atoms with van der Waals surface area (Å²) in [5, 5.41) is 4.67. The largest absolute Gasteiger partial charge is 0.458 e. The number of ether oxygens (including phenoxy) is 2. The maximum atomic E-state index is 7.16. The Kier molecular flexibility index (Phi) is 8.08. The van der Waals surface area contributed by atoms with E-state index in [2.05, 4.69) is 262 Å². The lowest BCUT2D eigenvalue weighted by Gasteiger charge is -2.35. The van der Waals surface area contributed by atoms with Crippen molar-refractivity contribution in [1.29, 1.82) is 0 Å². The minimum absolute atomic E-state index is 0.0359. The Balaban J connectivity index is 1.09. The summed E-state index contributed by atoms with van der Waals surface area (Å²) < 4.78 is 19.4. The molecule has 0 saturated carbocycles. The van der Waals surface area contributed by atoms with Crippen LogP contribution in [-0.4, -0.2) is 22.6 Å². The second kappa shape index (κ2) is 14.9. The highest BCUT2D eigenvalue weighted by atomic mass is 16.5. The molecule has 74 heavy (non-hydrogen) atoms. The van der Waals surface area contributed by atoms with Gasteiger partial charge in [-0.05, 0) is 118 Å². The van der Waals surface area contributed by atoms with Gasteiger partial charge in [0.05, 0.1) is 33.4 Å². The number of hydrogen-bond donors (Lipinski definition) is 0. The fraction of sp³-hybridized carbons (Fsp3) is 0. The number of aromatic nitrogens is 2. The molecule has 0 atom stereocenters. The predicted octanol–water partition coefficient (Wildman–Crippen LogP) is 12.7. The highest BCUT2D eigenvalue weighted by molar-refractivity contribution is 7.00. The van der Waals surface area contributed by atoms with Crippen LogP contribution in [0, 0.1) is 0 Å². The Bertz CT molecular complexity index is 4150. The molecule has 0 saturated heterocycles.